The number of benzene rings is 2. The van der Waals surface area contributed by atoms with E-state index in [1.54, 1.807) is 24.3 Å². The van der Waals surface area contributed by atoms with Crippen molar-refractivity contribution in [2.24, 2.45) is 20.7 Å². The average Bonchev–Trinajstić information content (AvgIpc) is 2.76. The third-order valence-electron chi connectivity index (χ3n) is 5.79. The van der Waals surface area contributed by atoms with Crippen molar-refractivity contribution in [3.05, 3.63) is 77.3 Å². The fourth-order valence-corrected chi connectivity index (χ4v) is 4.07. The van der Waals surface area contributed by atoms with Crippen molar-refractivity contribution in [2.45, 2.75) is 58.3 Å². The second-order valence-electron chi connectivity index (χ2n) is 7.22. The molecule has 0 saturated heterocycles. The molecule has 0 saturated carbocycles. The quantitative estimate of drug-likeness (QED) is 0.438. The number of aromatic hydroxyl groups is 2. The first kappa shape index (κ1) is 23.7. The third-order valence-corrected chi connectivity index (χ3v) is 5.79. The van der Waals surface area contributed by atoms with Crippen molar-refractivity contribution < 1.29 is 10.2 Å². The van der Waals surface area contributed by atoms with Gasteiger partial charge in [-0.25, -0.2) is 0 Å². The van der Waals surface area contributed by atoms with E-state index >= 15 is 0 Å². The molecule has 0 aromatic heterocycles. The maximum absolute atomic E-state index is 10.9. The zero-order valence-corrected chi connectivity index (χ0v) is 17.4. The summed E-state index contributed by atoms with van der Waals surface area (Å²) in [6, 6.07) is 6.61. The van der Waals surface area contributed by atoms with Crippen LogP contribution in [0.2, 0.25) is 0 Å². The van der Waals surface area contributed by atoms with Crippen LogP contribution >= 0.6 is 0 Å². The van der Waals surface area contributed by atoms with Crippen molar-refractivity contribution in [3.63, 3.8) is 0 Å². The molecule has 31 heavy (non-hydrogen) atoms. The molecule has 0 spiro atoms. The van der Waals surface area contributed by atoms with Gasteiger partial charge in [-0.15, -0.1) is 0 Å². The fourth-order valence-electron chi connectivity index (χ4n) is 4.07. The molecular weight excluding hydrogens is 404 g/mol. The fraction of sp³-hybridized carbons (Fsp3) is 0.429. The van der Waals surface area contributed by atoms with Crippen LogP contribution in [-0.2, 0) is 31.6 Å². The Hall–Kier alpha value is -3.56. The van der Waals surface area contributed by atoms with Gasteiger partial charge in [-0.05, 0) is 48.2 Å². The zero-order chi connectivity index (χ0) is 23.0. The van der Waals surface area contributed by atoms with Crippen molar-refractivity contribution >= 4 is 0 Å². The standard InChI is InChI=1S/C21H24N4O6/c1-3-21(4-2,17-5-13(9-22-28)19(26)14(6-17)10-23-29)18-7-15(11-24-30)20(27)16(8-18)12-25-31/h5-8,26-27H,3-4,9-12H2,1-2H3. The number of phenols is 2. The van der Waals surface area contributed by atoms with Crippen molar-refractivity contribution in [3.8, 4) is 11.5 Å². The summed E-state index contributed by atoms with van der Waals surface area (Å²) in [4.78, 5) is 43.5. The van der Waals surface area contributed by atoms with Crippen LogP contribution in [0.4, 0.5) is 0 Å². The Morgan fingerprint density at radius 1 is 0.613 bits per heavy atom. The van der Waals surface area contributed by atoms with E-state index in [9.17, 15) is 29.8 Å². The van der Waals surface area contributed by atoms with E-state index in [4.69, 9.17) is 0 Å². The number of nitroso groups, excluding NO2 is 4. The second kappa shape index (κ2) is 10.5. The molecule has 10 heteroatoms. The van der Waals surface area contributed by atoms with E-state index in [0.717, 1.165) is 0 Å². The van der Waals surface area contributed by atoms with Gasteiger partial charge in [0.25, 0.3) is 0 Å². The maximum atomic E-state index is 10.9. The summed E-state index contributed by atoms with van der Waals surface area (Å²) in [5.74, 6) is -0.405. The van der Waals surface area contributed by atoms with Gasteiger partial charge >= 0.3 is 0 Å². The highest BCUT2D eigenvalue weighted by Gasteiger charge is 2.33. The highest BCUT2D eigenvalue weighted by Crippen LogP contribution is 2.44. The first-order valence-corrected chi connectivity index (χ1v) is 9.79. The third kappa shape index (κ3) is 4.62. The smallest absolute Gasteiger partial charge is 0.125 e. The molecule has 0 amide bonds. The molecular formula is C21H24N4O6. The highest BCUT2D eigenvalue weighted by atomic mass is 16.3. The van der Waals surface area contributed by atoms with Gasteiger partial charge in [0.05, 0.1) is 0 Å². The molecule has 0 atom stereocenters. The van der Waals surface area contributed by atoms with E-state index in [1.807, 2.05) is 13.8 Å². The number of hydrogen-bond acceptors (Lipinski definition) is 10. The molecule has 0 unspecified atom stereocenters. The lowest BCUT2D eigenvalue weighted by atomic mass is 9.69. The summed E-state index contributed by atoms with van der Waals surface area (Å²) in [6.07, 6.45) is 1.12. The minimum atomic E-state index is -0.689. The van der Waals surface area contributed by atoms with Gasteiger partial charge < -0.3 is 10.2 Å². The van der Waals surface area contributed by atoms with E-state index in [0.29, 0.717) is 24.0 Å². The Labute approximate surface area is 178 Å². The van der Waals surface area contributed by atoms with Crippen LogP contribution in [0.1, 0.15) is 60.1 Å². The zero-order valence-electron chi connectivity index (χ0n) is 17.4. The Morgan fingerprint density at radius 3 is 1.06 bits per heavy atom. The van der Waals surface area contributed by atoms with Crippen LogP contribution in [0.15, 0.2) is 45.0 Å². The molecule has 0 aliphatic carbocycles. The highest BCUT2D eigenvalue weighted by molar-refractivity contribution is 5.53. The van der Waals surface area contributed by atoms with Gasteiger partial charge in [-0.2, -0.15) is 19.6 Å². The van der Waals surface area contributed by atoms with E-state index in [2.05, 4.69) is 20.7 Å². The maximum Gasteiger partial charge on any atom is 0.125 e. The normalized spacial score (nSPS) is 11.2. The number of rotatable bonds is 12. The minimum Gasteiger partial charge on any atom is -0.507 e. The minimum absolute atomic E-state index is 0.202. The van der Waals surface area contributed by atoms with Crippen molar-refractivity contribution in [2.75, 3.05) is 0 Å². The molecule has 2 aromatic rings. The summed E-state index contributed by atoms with van der Waals surface area (Å²) >= 11 is 0. The first-order chi connectivity index (χ1) is 14.9. The topological polar surface area (TPSA) is 158 Å². The van der Waals surface area contributed by atoms with Crippen LogP contribution in [-0.4, -0.2) is 10.2 Å². The predicted molar refractivity (Wildman–Crippen MR) is 116 cm³/mol. The van der Waals surface area contributed by atoms with E-state index in [-0.39, 0.29) is 59.9 Å². The molecule has 0 bridgehead atoms. The Morgan fingerprint density at radius 2 is 0.871 bits per heavy atom. The first-order valence-electron chi connectivity index (χ1n) is 9.79. The number of nitrogens with zero attached hydrogens (tertiary/aromatic N) is 4. The Kier molecular flexibility index (Phi) is 8.00. The molecule has 2 rings (SSSR count). The monoisotopic (exact) mass is 428 g/mol. The van der Waals surface area contributed by atoms with Crippen LogP contribution in [0.3, 0.4) is 0 Å². The van der Waals surface area contributed by atoms with Crippen LogP contribution in [0.25, 0.3) is 0 Å². The molecule has 2 aromatic carbocycles. The Balaban J connectivity index is 2.84. The number of hydrogen-bond donors (Lipinski definition) is 2. The largest absolute Gasteiger partial charge is 0.507 e. The summed E-state index contributed by atoms with van der Waals surface area (Å²) < 4.78 is 0. The summed E-state index contributed by atoms with van der Waals surface area (Å²) in [5.41, 5.74) is 1.77. The van der Waals surface area contributed by atoms with Gasteiger partial charge in [0.2, 0.25) is 0 Å². The van der Waals surface area contributed by atoms with Gasteiger partial charge in [0.15, 0.2) is 0 Å². The molecule has 0 heterocycles. The predicted octanol–water partition coefficient (Wildman–Crippen LogP) is 5.27. The SMILES string of the molecule is CCC(CC)(c1cc(CN=O)c(O)c(CN=O)c1)c1cc(CN=O)c(O)c(CN=O)c1. The Bertz CT molecular complexity index is 850. The van der Waals surface area contributed by atoms with Gasteiger partial charge in [-0.1, -0.05) is 34.6 Å². The summed E-state index contributed by atoms with van der Waals surface area (Å²) in [6.45, 7) is 2.73. The summed E-state index contributed by atoms with van der Waals surface area (Å²) in [5, 5.41) is 32.2. The van der Waals surface area contributed by atoms with Crippen LogP contribution in [0, 0.1) is 19.6 Å². The lowest BCUT2D eigenvalue weighted by Crippen LogP contribution is -2.27. The number of phenolic OH excluding ortho intramolecular Hbond substituents is 2. The lowest BCUT2D eigenvalue weighted by molar-refractivity contribution is 0.448. The van der Waals surface area contributed by atoms with E-state index in [1.165, 1.54) is 0 Å². The van der Waals surface area contributed by atoms with Crippen LogP contribution < -0.4 is 0 Å². The lowest BCUT2D eigenvalue weighted by Gasteiger charge is -2.35. The van der Waals surface area contributed by atoms with Gasteiger partial charge in [0.1, 0.15) is 37.7 Å². The molecule has 0 fully saturated rings. The van der Waals surface area contributed by atoms with Crippen LogP contribution in [0.5, 0.6) is 11.5 Å². The average molecular weight is 428 g/mol. The molecule has 0 aliphatic heterocycles. The molecule has 0 aliphatic rings. The van der Waals surface area contributed by atoms with Crippen molar-refractivity contribution in [1.82, 2.24) is 0 Å². The van der Waals surface area contributed by atoms with Gasteiger partial charge in [-0.3, -0.25) is 0 Å². The van der Waals surface area contributed by atoms with Crippen molar-refractivity contribution in [1.29, 1.82) is 0 Å². The molecule has 10 nitrogen and oxygen atoms in total. The van der Waals surface area contributed by atoms with E-state index < -0.39 is 5.41 Å². The molecule has 2 N–H and O–H groups in total. The second-order valence-corrected chi connectivity index (χ2v) is 7.22. The van der Waals surface area contributed by atoms with Gasteiger partial charge in [0, 0.05) is 27.7 Å². The summed E-state index contributed by atoms with van der Waals surface area (Å²) in [7, 11) is 0. The molecule has 0 radical (unpaired) electrons. The molecule has 164 valence electrons.